The molecule has 0 rings (SSSR count). The number of carbonyl (C=O) groups excluding carboxylic acids is 2. The van der Waals surface area contributed by atoms with Crippen molar-refractivity contribution in [3.8, 4) is 0 Å². The van der Waals surface area contributed by atoms with Crippen molar-refractivity contribution in [1.29, 1.82) is 0 Å². The SMILES string of the molecule is CCCCC/C=C\C/C=C\C/C=C\C/C=C\CCCCCCCCCC(=O)OC(/C=C/CCCCCCCCCCCC)C(COP(=O)(O)OCC[N+](C)(C)C)NC(=O)CCCCCCCCCCCCC/C=C/CCCCCCCC. The zero-order chi connectivity index (χ0) is 60.0. The van der Waals surface area contributed by atoms with Crippen LogP contribution in [0.3, 0.4) is 0 Å². The van der Waals surface area contributed by atoms with Crippen molar-refractivity contribution in [3.63, 3.8) is 0 Å². The Hall–Kier alpha value is -2.55. The van der Waals surface area contributed by atoms with Gasteiger partial charge in [-0.1, -0.05) is 280 Å². The summed E-state index contributed by atoms with van der Waals surface area (Å²) < 4.78 is 30.8. The van der Waals surface area contributed by atoms with Crippen LogP contribution in [-0.2, 0) is 27.9 Å². The van der Waals surface area contributed by atoms with E-state index < -0.39 is 20.0 Å². The van der Waals surface area contributed by atoms with Crippen LogP contribution in [0.15, 0.2) is 72.9 Å². The summed E-state index contributed by atoms with van der Waals surface area (Å²) in [5.41, 5.74) is 0. The van der Waals surface area contributed by atoms with Crippen LogP contribution >= 0.6 is 7.82 Å². The fraction of sp³-hybridized carbons (Fsp3) is 0.806. The third-order valence-corrected chi connectivity index (χ3v) is 16.4. The summed E-state index contributed by atoms with van der Waals surface area (Å²) in [4.78, 5) is 37.9. The van der Waals surface area contributed by atoms with E-state index in [2.05, 4.69) is 86.8 Å². The van der Waals surface area contributed by atoms with E-state index >= 15 is 0 Å². The average molecular weight is 1170 g/mol. The van der Waals surface area contributed by atoms with Gasteiger partial charge in [0.05, 0.1) is 33.8 Å². The standard InChI is InChI=1S/C72H133N2O7P/c1-7-10-13-16-19-22-25-28-30-32-34-36-37-39-41-43-45-47-50-53-56-59-62-65-72(76)81-70(63-60-57-54-51-48-27-24-21-18-15-12-9-3)69(68-80-82(77,78)79-67-66-74(4,5)6)73-71(75)64-61-58-55-52-49-46-44-42-40-38-35-33-31-29-26-23-20-17-14-11-8-2/h19,22,28-31,34,36,39,41,60,63,69-70H,7-18,20-21,23-27,32-33,35,37-38,40,42-59,61-62,64-68H2,1-6H3,(H-,73,75,77,78)/p+1/b22-19-,30-28-,31-29+,36-34-,41-39-,63-60+. The summed E-state index contributed by atoms with van der Waals surface area (Å²) in [6.45, 7) is 7.00. The van der Waals surface area contributed by atoms with E-state index in [0.717, 1.165) is 89.9 Å². The maximum Gasteiger partial charge on any atom is 0.472 e. The Balaban J connectivity index is 5.14. The number of quaternary nitrogens is 1. The number of esters is 1. The van der Waals surface area contributed by atoms with Crippen LogP contribution in [0.2, 0.25) is 0 Å². The van der Waals surface area contributed by atoms with Crippen LogP contribution in [0.5, 0.6) is 0 Å². The van der Waals surface area contributed by atoms with E-state index in [0.29, 0.717) is 17.4 Å². The van der Waals surface area contributed by atoms with Gasteiger partial charge in [-0.2, -0.15) is 0 Å². The smallest absolute Gasteiger partial charge is 0.456 e. The Bertz CT molecular complexity index is 1630. The highest BCUT2D eigenvalue weighted by atomic mass is 31.2. The van der Waals surface area contributed by atoms with Crippen molar-refractivity contribution in [2.24, 2.45) is 0 Å². The highest BCUT2D eigenvalue weighted by Crippen LogP contribution is 2.43. The molecular weight excluding hydrogens is 1040 g/mol. The molecule has 9 nitrogen and oxygen atoms in total. The number of phosphoric ester groups is 1. The van der Waals surface area contributed by atoms with Gasteiger partial charge in [0.2, 0.25) is 5.91 Å². The second-order valence-electron chi connectivity index (χ2n) is 24.7. The van der Waals surface area contributed by atoms with Crippen molar-refractivity contribution < 1.29 is 37.3 Å². The number of nitrogens with one attached hydrogen (secondary N) is 1. The molecule has 10 heteroatoms. The van der Waals surface area contributed by atoms with Crippen molar-refractivity contribution in [3.05, 3.63) is 72.9 Å². The summed E-state index contributed by atoms with van der Waals surface area (Å²) in [6.07, 6.45) is 80.4. The highest BCUT2D eigenvalue weighted by Gasteiger charge is 2.30. The summed E-state index contributed by atoms with van der Waals surface area (Å²) in [5, 5.41) is 3.07. The first-order valence-corrected chi connectivity index (χ1v) is 36.3. The summed E-state index contributed by atoms with van der Waals surface area (Å²) in [7, 11) is 1.49. The fourth-order valence-corrected chi connectivity index (χ4v) is 10.7. The third kappa shape index (κ3) is 62.0. The first-order chi connectivity index (χ1) is 39.9. The van der Waals surface area contributed by atoms with Gasteiger partial charge in [0.25, 0.3) is 0 Å². The Kier molecular flexibility index (Phi) is 59.6. The zero-order valence-electron chi connectivity index (χ0n) is 54.7. The van der Waals surface area contributed by atoms with E-state index in [-0.39, 0.29) is 31.5 Å². The largest absolute Gasteiger partial charge is 0.472 e. The molecule has 2 N–H and O–H groups in total. The van der Waals surface area contributed by atoms with Crippen molar-refractivity contribution in [2.75, 3.05) is 40.9 Å². The Morgan fingerprint density at radius 2 is 0.744 bits per heavy atom. The number of amides is 1. The maximum atomic E-state index is 13.6. The minimum absolute atomic E-state index is 0.0368. The van der Waals surface area contributed by atoms with E-state index in [1.807, 2.05) is 33.3 Å². The molecule has 0 fully saturated rings. The molecule has 478 valence electrons. The monoisotopic (exact) mass is 1170 g/mol. The number of allylic oxidation sites excluding steroid dienone is 11. The lowest BCUT2D eigenvalue weighted by Gasteiger charge is -2.27. The Morgan fingerprint density at radius 1 is 0.427 bits per heavy atom. The first kappa shape index (κ1) is 79.5. The quantitative estimate of drug-likeness (QED) is 0.0205. The first-order valence-electron chi connectivity index (χ1n) is 34.8. The molecule has 0 radical (unpaired) electrons. The molecule has 0 spiro atoms. The van der Waals surface area contributed by atoms with Gasteiger partial charge in [0.15, 0.2) is 0 Å². The highest BCUT2D eigenvalue weighted by molar-refractivity contribution is 7.47. The van der Waals surface area contributed by atoms with Gasteiger partial charge in [-0.15, -0.1) is 0 Å². The number of carbonyl (C=O) groups is 2. The van der Waals surface area contributed by atoms with Crippen LogP contribution in [-0.4, -0.2) is 74.3 Å². The molecule has 0 aromatic heterocycles. The van der Waals surface area contributed by atoms with E-state index in [4.69, 9.17) is 13.8 Å². The van der Waals surface area contributed by atoms with E-state index in [9.17, 15) is 19.0 Å². The molecule has 0 bridgehead atoms. The van der Waals surface area contributed by atoms with Gasteiger partial charge in [0.1, 0.15) is 19.3 Å². The van der Waals surface area contributed by atoms with Crippen LogP contribution in [0, 0.1) is 0 Å². The minimum Gasteiger partial charge on any atom is -0.456 e. The number of hydrogen-bond acceptors (Lipinski definition) is 6. The molecule has 0 saturated carbocycles. The molecule has 82 heavy (non-hydrogen) atoms. The predicted molar refractivity (Wildman–Crippen MR) is 355 cm³/mol. The molecule has 1 amide bonds. The van der Waals surface area contributed by atoms with Crippen molar-refractivity contribution in [1.82, 2.24) is 5.32 Å². The van der Waals surface area contributed by atoms with Crippen LogP contribution in [0.4, 0.5) is 0 Å². The molecule has 3 unspecified atom stereocenters. The maximum absolute atomic E-state index is 13.6. The second kappa shape index (κ2) is 61.5. The van der Waals surface area contributed by atoms with Crippen LogP contribution in [0.25, 0.3) is 0 Å². The molecule has 3 atom stereocenters. The summed E-state index contributed by atoms with van der Waals surface area (Å²) in [6, 6.07) is -0.856. The number of rotatable bonds is 63. The molecule has 0 aromatic carbocycles. The normalized spacial score (nSPS) is 14.0. The van der Waals surface area contributed by atoms with E-state index in [1.165, 1.54) is 199 Å². The lowest BCUT2D eigenvalue weighted by atomic mass is 10.0. The number of unbranched alkanes of at least 4 members (excludes halogenated alkanes) is 37. The fourth-order valence-electron chi connectivity index (χ4n) is 9.98. The van der Waals surface area contributed by atoms with Gasteiger partial charge in [0, 0.05) is 12.8 Å². The van der Waals surface area contributed by atoms with Crippen LogP contribution < -0.4 is 5.32 Å². The number of ether oxygens (including phenoxy) is 1. The molecule has 0 saturated heterocycles. The Labute approximate surface area is 508 Å². The van der Waals surface area contributed by atoms with Crippen molar-refractivity contribution >= 4 is 19.7 Å². The molecule has 0 heterocycles. The van der Waals surface area contributed by atoms with Gasteiger partial charge >= 0.3 is 13.8 Å². The third-order valence-electron chi connectivity index (χ3n) is 15.4. The topological polar surface area (TPSA) is 111 Å². The number of likely N-dealkylation sites (N-methyl/N-ethyl adjacent to an activating group) is 1. The average Bonchev–Trinajstić information content (AvgIpc) is 3.44. The van der Waals surface area contributed by atoms with Crippen molar-refractivity contribution in [2.45, 2.75) is 335 Å². The molecular formula is C72H134N2O7P+. The molecule has 0 aliphatic heterocycles. The predicted octanol–water partition coefficient (Wildman–Crippen LogP) is 22.0. The van der Waals surface area contributed by atoms with Crippen LogP contribution in [0.1, 0.15) is 323 Å². The van der Waals surface area contributed by atoms with Gasteiger partial charge in [-0.25, -0.2) is 4.57 Å². The number of nitrogens with zero attached hydrogens (tertiary/aromatic N) is 1. The van der Waals surface area contributed by atoms with Gasteiger partial charge in [-0.05, 0) is 102 Å². The number of hydrogen-bond donors (Lipinski definition) is 2. The molecule has 0 aromatic rings. The Morgan fingerprint density at radius 3 is 1.15 bits per heavy atom. The van der Waals surface area contributed by atoms with Gasteiger partial charge in [-0.3, -0.25) is 18.6 Å². The molecule has 0 aliphatic carbocycles. The lowest BCUT2D eigenvalue weighted by Crippen LogP contribution is -2.47. The summed E-state index contributed by atoms with van der Waals surface area (Å²) in [5.74, 6) is -0.510. The minimum atomic E-state index is -4.46. The molecule has 0 aliphatic rings. The lowest BCUT2D eigenvalue weighted by molar-refractivity contribution is -0.870. The second-order valence-corrected chi connectivity index (χ2v) is 26.1. The number of phosphoric acid groups is 1. The summed E-state index contributed by atoms with van der Waals surface area (Å²) >= 11 is 0. The van der Waals surface area contributed by atoms with E-state index in [1.54, 1.807) is 0 Å². The zero-order valence-corrected chi connectivity index (χ0v) is 55.6. The van der Waals surface area contributed by atoms with Gasteiger partial charge < -0.3 is 19.4 Å².